The summed E-state index contributed by atoms with van der Waals surface area (Å²) in [5.74, 6) is 0.297. The van der Waals surface area contributed by atoms with E-state index in [0.29, 0.717) is 23.1 Å². The molecule has 1 aromatic rings. The van der Waals surface area contributed by atoms with Gasteiger partial charge in [0.1, 0.15) is 10.6 Å². The highest BCUT2D eigenvalue weighted by molar-refractivity contribution is 9.10. The van der Waals surface area contributed by atoms with Crippen LogP contribution >= 0.6 is 15.9 Å². The topological polar surface area (TPSA) is 75.6 Å². The highest BCUT2D eigenvalue weighted by Gasteiger charge is 2.32. The monoisotopic (exact) mass is 335 g/mol. The molecule has 100 valence electrons. The number of sulfonamides is 1. The van der Waals surface area contributed by atoms with Crippen LogP contribution in [0.4, 0.5) is 0 Å². The molecule has 1 aliphatic rings. The number of aliphatic hydroxyl groups excluding tert-OH is 1. The van der Waals surface area contributed by atoms with Gasteiger partial charge in [-0.3, -0.25) is 0 Å². The van der Waals surface area contributed by atoms with E-state index in [0.717, 1.165) is 0 Å². The van der Waals surface area contributed by atoms with E-state index in [1.807, 2.05) is 0 Å². The second kappa shape index (κ2) is 5.16. The van der Waals surface area contributed by atoms with Gasteiger partial charge < -0.3 is 9.84 Å². The van der Waals surface area contributed by atoms with Gasteiger partial charge in [0.05, 0.1) is 13.2 Å². The van der Waals surface area contributed by atoms with Crippen LogP contribution in [0, 0.1) is 0 Å². The van der Waals surface area contributed by atoms with Gasteiger partial charge in [0.25, 0.3) is 0 Å². The predicted molar refractivity (Wildman–Crippen MR) is 70.0 cm³/mol. The molecule has 0 unspecified atom stereocenters. The Labute approximate surface area is 114 Å². The molecule has 1 saturated carbocycles. The summed E-state index contributed by atoms with van der Waals surface area (Å²) in [6, 6.07) is 4.60. The van der Waals surface area contributed by atoms with Gasteiger partial charge in [-0.05, 0) is 31.0 Å². The first kappa shape index (κ1) is 13.8. The van der Waals surface area contributed by atoms with Crippen molar-refractivity contribution in [1.29, 1.82) is 0 Å². The van der Waals surface area contributed by atoms with E-state index >= 15 is 0 Å². The van der Waals surface area contributed by atoms with Gasteiger partial charge in [0.15, 0.2) is 0 Å². The van der Waals surface area contributed by atoms with Crippen LogP contribution in [-0.4, -0.2) is 32.8 Å². The number of ether oxygens (including phenoxy) is 1. The Morgan fingerprint density at radius 2 is 2.11 bits per heavy atom. The molecular weight excluding hydrogens is 322 g/mol. The normalized spacial score (nSPS) is 23.5. The first-order valence-corrected chi connectivity index (χ1v) is 7.74. The van der Waals surface area contributed by atoms with Crippen molar-refractivity contribution in [3.05, 3.63) is 22.7 Å². The van der Waals surface area contributed by atoms with Crippen LogP contribution in [0.3, 0.4) is 0 Å². The van der Waals surface area contributed by atoms with Crippen molar-refractivity contribution in [3.63, 3.8) is 0 Å². The lowest BCUT2D eigenvalue weighted by Crippen LogP contribution is -2.46. The molecule has 0 spiro atoms. The van der Waals surface area contributed by atoms with Gasteiger partial charge in [-0.15, -0.1) is 0 Å². The van der Waals surface area contributed by atoms with Gasteiger partial charge in [-0.1, -0.05) is 15.9 Å². The zero-order chi connectivity index (χ0) is 13.3. The molecule has 1 fully saturated rings. The van der Waals surface area contributed by atoms with Crippen LogP contribution in [0.1, 0.15) is 12.8 Å². The van der Waals surface area contributed by atoms with Crippen LogP contribution in [-0.2, 0) is 10.0 Å². The van der Waals surface area contributed by atoms with E-state index in [4.69, 9.17) is 9.84 Å². The molecule has 7 heteroatoms. The smallest absolute Gasteiger partial charge is 0.244 e. The zero-order valence-electron chi connectivity index (χ0n) is 9.76. The fourth-order valence-corrected chi connectivity index (χ4v) is 3.80. The molecule has 1 aliphatic carbocycles. The van der Waals surface area contributed by atoms with E-state index in [-0.39, 0.29) is 10.9 Å². The van der Waals surface area contributed by atoms with E-state index in [1.165, 1.54) is 13.2 Å². The Morgan fingerprint density at radius 1 is 1.44 bits per heavy atom. The van der Waals surface area contributed by atoms with E-state index in [9.17, 15) is 8.42 Å². The minimum atomic E-state index is -3.63. The summed E-state index contributed by atoms with van der Waals surface area (Å²) in [4.78, 5) is 0.0979. The standard InChI is InChI=1S/C11H14BrNO4S/c1-17-10-3-2-7(12)4-11(10)18(15,16)13-8-5-9(14)6-8/h2-4,8-9,13-14H,5-6H2,1H3. The second-order valence-corrected chi connectivity index (χ2v) is 6.84. The first-order chi connectivity index (χ1) is 8.42. The quantitative estimate of drug-likeness (QED) is 0.868. The summed E-state index contributed by atoms with van der Waals surface area (Å²) in [6.07, 6.45) is 0.507. The van der Waals surface area contributed by atoms with E-state index in [2.05, 4.69) is 20.7 Å². The molecule has 2 N–H and O–H groups in total. The third-order valence-corrected chi connectivity index (χ3v) is 4.89. The Morgan fingerprint density at radius 3 is 2.67 bits per heavy atom. The largest absolute Gasteiger partial charge is 0.495 e. The molecule has 0 amide bonds. The van der Waals surface area contributed by atoms with Gasteiger partial charge in [0.2, 0.25) is 10.0 Å². The Balaban J connectivity index is 2.26. The highest BCUT2D eigenvalue weighted by atomic mass is 79.9. The van der Waals surface area contributed by atoms with Crippen molar-refractivity contribution in [2.75, 3.05) is 7.11 Å². The molecular formula is C11H14BrNO4S. The number of nitrogens with one attached hydrogen (secondary N) is 1. The molecule has 0 atom stereocenters. The molecule has 18 heavy (non-hydrogen) atoms. The lowest BCUT2D eigenvalue weighted by molar-refractivity contribution is 0.0712. The van der Waals surface area contributed by atoms with Crippen molar-refractivity contribution in [3.8, 4) is 5.75 Å². The summed E-state index contributed by atoms with van der Waals surface area (Å²) < 4.78 is 32.6. The number of halogens is 1. The number of aliphatic hydroxyl groups is 1. The summed E-state index contributed by atoms with van der Waals surface area (Å²) in [6.45, 7) is 0. The minimum Gasteiger partial charge on any atom is -0.495 e. The Kier molecular flexibility index (Phi) is 3.96. The fourth-order valence-electron chi connectivity index (χ4n) is 1.83. The summed E-state index contributed by atoms with van der Waals surface area (Å²) in [5.41, 5.74) is 0. The molecule has 2 rings (SSSR count). The van der Waals surface area contributed by atoms with Gasteiger partial charge in [-0.25, -0.2) is 13.1 Å². The average Bonchev–Trinajstić information content (AvgIpc) is 2.26. The molecule has 5 nitrogen and oxygen atoms in total. The molecule has 0 heterocycles. The van der Waals surface area contributed by atoms with Crippen molar-refractivity contribution in [2.24, 2.45) is 0 Å². The van der Waals surface area contributed by atoms with E-state index < -0.39 is 16.1 Å². The van der Waals surface area contributed by atoms with Gasteiger partial charge in [-0.2, -0.15) is 0 Å². The number of methoxy groups -OCH3 is 1. The van der Waals surface area contributed by atoms with Crippen molar-refractivity contribution in [2.45, 2.75) is 29.9 Å². The van der Waals surface area contributed by atoms with E-state index in [1.54, 1.807) is 12.1 Å². The fraction of sp³-hybridized carbons (Fsp3) is 0.455. The maximum atomic E-state index is 12.2. The lowest BCUT2D eigenvalue weighted by atomic mass is 9.91. The highest BCUT2D eigenvalue weighted by Crippen LogP contribution is 2.29. The van der Waals surface area contributed by atoms with Crippen molar-refractivity contribution < 1.29 is 18.3 Å². The molecule has 1 aromatic carbocycles. The van der Waals surface area contributed by atoms with Crippen LogP contribution < -0.4 is 9.46 Å². The maximum Gasteiger partial charge on any atom is 0.244 e. The third kappa shape index (κ3) is 2.85. The molecule has 0 bridgehead atoms. The minimum absolute atomic E-state index is 0.0979. The summed E-state index contributed by atoms with van der Waals surface area (Å²) in [5, 5.41) is 9.16. The zero-order valence-corrected chi connectivity index (χ0v) is 12.2. The Bertz CT molecular complexity index is 540. The number of hydrogen-bond acceptors (Lipinski definition) is 4. The maximum absolute atomic E-state index is 12.2. The van der Waals surface area contributed by atoms with Crippen LogP contribution in [0.15, 0.2) is 27.6 Å². The molecule has 0 aromatic heterocycles. The SMILES string of the molecule is COc1ccc(Br)cc1S(=O)(=O)NC1CC(O)C1. The summed E-state index contributed by atoms with van der Waals surface area (Å²) >= 11 is 3.24. The van der Waals surface area contributed by atoms with Crippen molar-refractivity contribution in [1.82, 2.24) is 4.72 Å². The third-order valence-electron chi connectivity index (χ3n) is 2.85. The number of benzene rings is 1. The van der Waals surface area contributed by atoms with Crippen molar-refractivity contribution >= 4 is 26.0 Å². The molecule has 0 saturated heterocycles. The Hall–Kier alpha value is -0.630. The van der Waals surface area contributed by atoms with Crippen LogP contribution in [0.25, 0.3) is 0 Å². The molecule has 0 radical (unpaired) electrons. The first-order valence-electron chi connectivity index (χ1n) is 5.46. The number of rotatable bonds is 4. The van der Waals surface area contributed by atoms with Crippen LogP contribution in [0.2, 0.25) is 0 Å². The second-order valence-electron chi connectivity index (χ2n) is 4.24. The predicted octanol–water partition coefficient (Wildman–Crippen LogP) is 1.26. The van der Waals surface area contributed by atoms with Gasteiger partial charge in [0, 0.05) is 10.5 Å². The van der Waals surface area contributed by atoms with Crippen LogP contribution in [0.5, 0.6) is 5.75 Å². The summed E-state index contributed by atoms with van der Waals surface area (Å²) in [7, 11) is -2.20. The molecule has 0 aliphatic heterocycles. The number of hydrogen-bond donors (Lipinski definition) is 2. The lowest BCUT2D eigenvalue weighted by Gasteiger charge is -2.31. The average molecular weight is 336 g/mol. The van der Waals surface area contributed by atoms with Gasteiger partial charge >= 0.3 is 0 Å².